The highest BCUT2D eigenvalue weighted by molar-refractivity contribution is 7.98. The number of nitrogens with zero attached hydrogens (tertiary/aromatic N) is 1. The van der Waals surface area contributed by atoms with Gasteiger partial charge in [0.1, 0.15) is 48.0 Å². The van der Waals surface area contributed by atoms with Gasteiger partial charge in [0.05, 0.1) is 38.0 Å². The van der Waals surface area contributed by atoms with Crippen molar-refractivity contribution in [2.75, 3.05) is 30.9 Å². The van der Waals surface area contributed by atoms with Gasteiger partial charge in [-0.15, -0.1) is 0 Å². The third-order valence-corrected chi connectivity index (χ3v) is 12.5. The number of carbonyl (C=O) groups excluding carboxylic acids is 10. The number of nitrogens with two attached hydrogens (primary N) is 2. The van der Waals surface area contributed by atoms with E-state index in [1.54, 1.807) is 20.1 Å². The number of amides is 10. The number of nitrogens with one attached hydrogen (secondary N) is 10. The first-order valence-electron chi connectivity index (χ1n) is 24.0. The zero-order chi connectivity index (χ0) is 57.9. The summed E-state index contributed by atoms with van der Waals surface area (Å²) in [5.74, 6) is -12.9. The van der Waals surface area contributed by atoms with E-state index < -0.39 is 164 Å². The number of rotatable bonds is 35. The Labute approximate surface area is 451 Å². The van der Waals surface area contributed by atoms with Gasteiger partial charge in [-0.1, -0.05) is 32.4 Å². The van der Waals surface area contributed by atoms with E-state index in [-0.39, 0.29) is 42.9 Å². The lowest BCUT2D eigenvalue weighted by Gasteiger charge is -2.29. The molecule has 2 aromatic rings. The molecule has 18 N–H and O–H groups in total. The van der Waals surface area contributed by atoms with Crippen LogP contribution in [0.1, 0.15) is 64.1 Å². The second-order valence-electron chi connectivity index (χ2n) is 17.6. The first kappa shape index (κ1) is 65.6. The predicted octanol–water partition coefficient (Wildman–Crippen LogP) is -5.21. The minimum absolute atomic E-state index is 0.00911. The van der Waals surface area contributed by atoms with Crippen LogP contribution in [0, 0.1) is 5.92 Å². The first-order chi connectivity index (χ1) is 36.3. The van der Waals surface area contributed by atoms with Crippen molar-refractivity contribution in [2.24, 2.45) is 17.4 Å². The molecule has 77 heavy (non-hydrogen) atoms. The first-order valence-corrected chi connectivity index (χ1v) is 26.0. The highest BCUT2D eigenvalue weighted by Crippen LogP contribution is 2.14. The van der Waals surface area contributed by atoms with Crippen LogP contribution < -0.4 is 59.3 Å². The number of aliphatic hydroxyl groups is 1. The zero-order valence-corrected chi connectivity index (χ0v) is 44.4. The fourth-order valence-electron chi connectivity index (χ4n) is 6.91. The Morgan fingerprint density at radius 1 is 0.688 bits per heavy atom. The minimum atomic E-state index is -1.82. The monoisotopic (exact) mass is 1120 g/mol. The fraction of sp³-hybridized carbons (Fsp3) is 0.543. The lowest BCUT2D eigenvalue weighted by molar-refractivity contribution is -0.143. The summed E-state index contributed by atoms with van der Waals surface area (Å²) in [5, 5.41) is 60.6. The topological polar surface area (TPSA) is 475 Å². The Morgan fingerprint density at radius 2 is 1.22 bits per heavy atom. The van der Waals surface area contributed by atoms with E-state index >= 15 is 0 Å². The van der Waals surface area contributed by atoms with Crippen LogP contribution in [0.25, 0.3) is 0 Å². The van der Waals surface area contributed by atoms with Crippen LogP contribution in [0.4, 0.5) is 0 Å². The van der Waals surface area contributed by atoms with Gasteiger partial charge in [0.15, 0.2) is 0 Å². The largest absolute Gasteiger partial charge is 0.508 e. The second-order valence-corrected chi connectivity index (χ2v) is 19.0. The Morgan fingerprint density at radius 3 is 1.75 bits per heavy atom. The summed E-state index contributed by atoms with van der Waals surface area (Å²) in [6, 6.07) is -6.03. The maximum atomic E-state index is 14.0. The number of aromatic nitrogens is 2. The number of aromatic amines is 1. The molecule has 29 nitrogen and oxygen atoms in total. The quantitative estimate of drug-likeness (QED) is 0.0287. The van der Waals surface area contributed by atoms with E-state index in [1.807, 2.05) is 5.32 Å². The number of phenolic OH excluding ortho intramolecular Hbond substituents is 1. The smallest absolute Gasteiger partial charge is 0.326 e. The number of carbonyl (C=O) groups is 12. The van der Waals surface area contributed by atoms with Crippen molar-refractivity contribution in [3.8, 4) is 5.75 Å². The number of H-pyrrole nitrogens is 1. The summed E-state index contributed by atoms with van der Waals surface area (Å²) in [6.45, 7) is 2.78. The molecule has 0 bridgehead atoms. The highest BCUT2D eigenvalue weighted by Gasteiger charge is 2.36. The molecule has 1 aromatic heterocycles. The number of thioether (sulfide) groups is 1. The zero-order valence-electron chi connectivity index (χ0n) is 42.7. The lowest BCUT2D eigenvalue weighted by atomic mass is 9.97. The molecule has 10 atom stereocenters. The number of thiol groups is 1. The third kappa shape index (κ3) is 23.9. The lowest BCUT2D eigenvalue weighted by Crippen LogP contribution is -2.62. The van der Waals surface area contributed by atoms with Gasteiger partial charge in [-0.3, -0.25) is 52.7 Å². The van der Waals surface area contributed by atoms with E-state index in [1.165, 1.54) is 48.6 Å². The number of imidazole rings is 1. The van der Waals surface area contributed by atoms with Crippen molar-refractivity contribution in [3.05, 3.63) is 48.0 Å². The average Bonchev–Trinajstić information content (AvgIpc) is 3.90. The molecule has 0 spiro atoms. The molecule has 0 unspecified atom stereocenters. The van der Waals surface area contributed by atoms with Crippen molar-refractivity contribution >= 4 is 95.4 Å². The Balaban J connectivity index is 2.31. The van der Waals surface area contributed by atoms with Gasteiger partial charge in [-0.2, -0.15) is 24.4 Å². The number of carboxylic acids is 2. The van der Waals surface area contributed by atoms with Crippen molar-refractivity contribution in [1.82, 2.24) is 57.8 Å². The third-order valence-electron chi connectivity index (χ3n) is 11.4. The van der Waals surface area contributed by atoms with Crippen LogP contribution in [0.3, 0.4) is 0 Å². The molecule has 1 aromatic carbocycles. The van der Waals surface area contributed by atoms with Crippen molar-refractivity contribution in [3.63, 3.8) is 0 Å². The van der Waals surface area contributed by atoms with E-state index in [2.05, 4.69) is 65.1 Å². The molecule has 1 heterocycles. The number of aliphatic carboxylic acids is 2. The summed E-state index contributed by atoms with van der Waals surface area (Å²) >= 11 is 5.44. The maximum Gasteiger partial charge on any atom is 0.326 e. The molecule has 0 fully saturated rings. The molecule has 426 valence electrons. The summed E-state index contributed by atoms with van der Waals surface area (Å²) in [4.78, 5) is 162. The summed E-state index contributed by atoms with van der Waals surface area (Å²) < 4.78 is 0. The predicted molar refractivity (Wildman–Crippen MR) is 278 cm³/mol. The van der Waals surface area contributed by atoms with Gasteiger partial charge >= 0.3 is 11.9 Å². The molecule has 2 rings (SSSR count). The average molecular weight is 1120 g/mol. The van der Waals surface area contributed by atoms with Crippen LogP contribution in [-0.4, -0.2) is 187 Å². The summed E-state index contributed by atoms with van der Waals surface area (Å²) in [7, 11) is 0. The van der Waals surface area contributed by atoms with Crippen molar-refractivity contribution < 1.29 is 78.0 Å². The van der Waals surface area contributed by atoms with E-state index in [9.17, 15) is 78.0 Å². The Kier molecular flexibility index (Phi) is 28.5. The van der Waals surface area contributed by atoms with E-state index in [0.29, 0.717) is 11.3 Å². The number of carboxylic acid groups (broad SMARTS) is 2. The SMILES string of the molecule is CC[C@H](C)[C@H](NC(=O)CNC(=O)[C@H](Cc1ccc(O)cc1)NC(=O)[C@H](CCSC)NC(=O)[C@@H](N)CS)C(=O)N[C@H](C(=O)N[C@@H](Cc1cnc[nH]1)C(=O)N[C@@H](CCC(=O)O)C(=O)NCC(=O)N[C@@H](CC(N)=O)C(=O)O)[C@@H](C)O. The van der Waals surface area contributed by atoms with E-state index in [4.69, 9.17) is 11.5 Å². The van der Waals surface area contributed by atoms with Crippen LogP contribution in [0.5, 0.6) is 5.75 Å². The van der Waals surface area contributed by atoms with Gasteiger partial charge < -0.3 is 84.7 Å². The molecule has 0 aliphatic heterocycles. The molecule has 31 heteroatoms. The number of hydrogen-bond donors (Lipinski definition) is 17. The summed E-state index contributed by atoms with van der Waals surface area (Å²) in [5.41, 5.74) is 11.6. The van der Waals surface area contributed by atoms with Crippen LogP contribution >= 0.6 is 24.4 Å². The van der Waals surface area contributed by atoms with Gasteiger partial charge in [0.25, 0.3) is 0 Å². The molecule has 0 radical (unpaired) electrons. The van der Waals surface area contributed by atoms with Gasteiger partial charge in [-0.25, -0.2) is 9.78 Å². The molecular weight excluding hydrogens is 1050 g/mol. The van der Waals surface area contributed by atoms with Crippen LogP contribution in [-0.2, 0) is 70.4 Å². The normalized spacial score (nSPS) is 14.8. The Hall–Kier alpha value is -7.51. The van der Waals surface area contributed by atoms with E-state index in [0.717, 1.165) is 6.92 Å². The molecular formula is C46H69N13O16S2. The van der Waals surface area contributed by atoms with Crippen molar-refractivity contribution in [1.29, 1.82) is 0 Å². The number of phenols is 1. The minimum Gasteiger partial charge on any atom is -0.508 e. The Bertz CT molecular complexity index is 2360. The molecule has 0 saturated carbocycles. The number of aliphatic hydroxyl groups excluding tert-OH is 1. The van der Waals surface area contributed by atoms with Crippen molar-refractivity contribution in [2.45, 2.75) is 120 Å². The number of benzene rings is 1. The summed E-state index contributed by atoms with van der Waals surface area (Å²) in [6.07, 6.45) is 0.586. The fourth-order valence-corrected chi connectivity index (χ4v) is 7.55. The molecule has 0 saturated heterocycles. The second kappa shape index (κ2) is 33.5. The molecule has 10 amide bonds. The van der Waals surface area contributed by atoms with Gasteiger partial charge in [0.2, 0.25) is 59.1 Å². The van der Waals surface area contributed by atoms with Crippen LogP contribution in [0.15, 0.2) is 36.8 Å². The highest BCUT2D eigenvalue weighted by atomic mass is 32.2. The standard InChI is InChI=1S/C46H69N13O16S2/c1-5-22(2)37(58-35(64)19-51-41(69)30(14-24-6-8-26(61)9-7-24)56-42(70)29(12-13-77-4)54-39(67)27(47)20-76)44(72)59-38(23(3)60)45(73)57-31(15-25-17-49-21-52-25)43(71)55-28(10-11-36(65)66)40(68)50-18-34(63)53-32(46(74)75)16-33(48)62/h6-9,17,21-23,27-32,37-38,60-61,76H,5,10-16,18-20,47H2,1-4H3,(H2,48,62)(H,49,52)(H,50,68)(H,51,69)(H,53,63)(H,54,67)(H,55,71)(H,56,70)(H,57,73)(H,58,64)(H,59,72)(H,65,66)(H,74,75)/t22-,23+,27-,28-,29-,30-,31-,32-,37-,38-/m0/s1. The van der Waals surface area contributed by atoms with Gasteiger partial charge in [0, 0.05) is 36.9 Å². The maximum absolute atomic E-state index is 14.0. The number of primary amides is 1. The van der Waals surface area contributed by atoms with Gasteiger partial charge in [-0.05, 0) is 55.4 Å². The number of aromatic hydroxyl groups is 1. The number of hydrogen-bond acceptors (Lipinski definition) is 18. The molecule has 0 aliphatic rings. The van der Waals surface area contributed by atoms with Crippen LogP contribution in [0.2, 0.25) is 0 Å². The molecule has 0 aliphatic carbocycles.